The third-order valence-electron chi connectivity index (χ3n) is 6.74. The molecule has 1 aliphatic carbocycles. The molecule has 1 atom stereocenters. The Balaban J connectivity index is 1.48. The van der Waals surface area contributed by atoms with Gasteiger partial charge in [0.15, 0.2) is 0 Å². The number of rotatable bonds is 10. The van der Waals surface area contributed by atoms with E-state index >= 15 is 0 Å². The van der Waals surface area contributed by atoms with Crippen molar-refractivity contribution in [1.29, 1.82) is 0 Å². The Hall–Kier alpha value is -2.45. The zero-order valence-electron chi connectivity index (χ0n) is 19.7. The maximum absolute atomic E-state index is 13.6. The normalized spacial score (nSPS) is 18.1. The van der Waals surface area contributed by atoms with E-state index < -0.39 is 0 Å². The summed E-state index contributed by atoms with van der Waals surface area (Å²) in [5, 5.41) is 2.04. The molecule has 1 aromatic heterocycles. The van der Waals surface area contributed by atoms with Gasteiger partial charge in [-0.1, -0.05) is 18.9 Å². The Kier molecular flexibility index (Phi) is 8.56. The lowest BCUT2D eigenvalue weighted by molar-refractivity contribution is -0.144. The number of fused-ring (bicyclic) bond motifs is 1. The van der Waals surface area contributed by atoms with E-state index in [0.717, 1.165) is 37.7 Å². The third-order valence-corrected chi connectivity index (χ3v) is 7.73. The number of ether oxygens (including phenoxy) is 2. The first kappa shape index (κ1) is 24.7. The quantitative estimate of drug-likeness (QED) is 0.464. The molecule has 1 unspecified atom stereocenters. The van der Waals surface area contributed by atoms with Gasteiger partial charge in [0.25, 0.3) is 0 Å². The third kappa shape index (κ3) is 5.96. The molecule has 1 fully saturated rings. The second kappa shape index (κ2) is 11.8. The Morgan fingerprint density at radius 3 is 2.82 bits per heavy atom. The fourth-order valence-electron chi connectivity index (χ4n) is 4.96. The summed E-state index contributed by atoms with van der Waals surface area (Å²) in [6, 6.07) is 7.81. The molecule has 0 spiro atoms. The minimum atomic E-state index is -0.359. The lowest BCUT2D eigenvalue weighted by atomic mass is 10.00. The first-order valence-corrected chi connectivity index (χ1v) is 13.0. The van der Waals surface area contributed by atoms with Crippen LogP contribution in [0.2, 0.25) is 0 Å². The molecule has 6 nitrogen and oxygen atoms in total. The van der Waals surface area contributed by atoms with E-state index in [1.165, 1.54) is 17.0 Å². The highest BCUT2D eigenvalue weighted by molar-refractivity contribution is 7.10. The molecule has 0 radical (unpaired) electrons. The van der Waals surface area contributed by atoms with Crippen molar-refractivity contribution in [2.75, 3.05) is 40.0 Å². The molecule has 184 valence electrons. The number of carbonyl (C=O) groups is 2. The van der Waals surface area contributed by atoms with Gasteiger partial charge >= 0.3 is 0 Å². The average molecular weight is 489 g/mol. The van der Waals surface area contributed by atoms with E-state index in [1.54, 1.807) is 35.5 Å². The molecule has 0 saturated heterocycles. The van der Waals surface area contributed by atoms with Gasteiger partial charge in [0.1, 0.15) is 18.2 Å². The number of methoxy groups -OCH3 is 1. The predicted molar refractivity (Wildman–Crippen MR) is 129 cm³/mol. The maximum Gasteiger partial charge on any atom is 0.242 e. The van der Waals surface area contributed by atoms with Gasteiger partial charge in [-0.25, -0.2) is 4.39 Å². The van der Waals surface area contributed by atoms with Crippen molar-refractivity contribution < 1.29 is 23.5 Å². The molecular weight excluding hydrogens is 455 g/mol. The van der Waals surface area contributed by atoms with Crippen molar-refractivity contribution in [1.82, 2.24) is 9.80 Å². The number of thiophene rings is 1. The van der Waals surface area contributed by atoms with Crippen LogP contribution in [0.5, 0.6) is 5.75 Å². The maximum atomic E-state index is 13.6. The molecule has 1 aliphatic heterocycles. The molecule has 2 aromatic rings. The number of amides is 2. The second-order valence-corrected chi connectivity index (χ2v) is 10.0. The van der Waals surface area contributed by atoms with Crippen LogP contribution in [0.25, 0.3) is 0 Å². The van der Waals surface area contributed by atoms with Crippen molar-refractivity contribution in [3.05, 3.63) is 52.0 Å². The van der Waals surface area contributed by atoms with Gasteiger partial charge in [0.05, 0.1) is 12.6 Å². The van der Waals surface area contributed by atoms with Gasteiger partial charge in [-0.3, -0.25) is 9.59 Å². The summed E-state index contributed by atoms with van der Waals surface area (Å²) in [7, 11) is 1.64. The van der Waals surface area contributed by atoms with Crippen LogP contribution >= 0.6 is 11.3 Å². The van der Waals surface area contributed by atoms with Crippen molar-refractivity contribution in [2.24, 2.45) is 5.92 Å². The fraction of sp³-hybridized carbons (Fsp3) is 0.538. The number of benzene rings is 1. The number of hydrogen-bond donors (Lipinski definition) is 0. The van der Waals surface area contributed by atoms with E-state index in [-0.39, 0.29) is 42.7 Å². The fourth-order valence-corrected chi connectivity index (χ4v) is 5.89. The highest BCUT2D eigenvalue weighted by Crippen LogP contribution is 2.34. The van der Waals surface area contributed by atoms with E-state index in [2.05, 4.69) is 0 Å². The minimum absolute atomic E-state index is 0.0206. The van der Waals surface area contributed by atoms with Crippen LogP contribution in [-0.4, -0.2) is 61.6 Å². The summed E-state index contributed by atoms with van der Waals surface area (Å²) in [5.41, 5.74) is 1.08. The molecule has 1 saturated carbocycles. The monoisotopic (exact) mass is 488 g/mol. The van der Waals surface area contributed by atoms with Crippen molar-refractivity contribution in [2.45, 2.75) is 44.6 Å². The summed E-state index contributed by atoms with van der Waals surface area (Å²) in [4.78, 5) is 31.6. The summed E-state index contributed by atoms with van der Waals surface area (Å²) < 4.78 is 24.7. The summed E-state index contributed by atoms with van der Waals surface area (Å²) in [6.45, 7) is 1.94. The van der Waals surface area contributed by atoms with Crippen LogP contribution in [0, 0.1) is 11.7 Å². The van der Waals surface area contributed by atoms with E-state index in [9.17, 15) is 14.0 Å². The lowest BCUT2D eigenvalue weighted by Gasteiger charge is -2.37. The van der Waals surface area contributed by atoms with Crippen LogP contribution in [0.3, 0.4) is 0 Å². The molecule has 34 heavy (non-hydrogen) atoms. The Morgan fingerprint density at radius 2 is 2.06 bits per heavy atom. The molecule has 2 amide bonds. The number of hydrogen-bond acceptors (Lipinski definition) is 5. The topological polar surface area (TPSA) is 59.1 Å². The average Bonchev–Trinajstić information content (AvgIpc) is 3.54. The zero-order valence-corrected chi connectivity index (χ0v) is 20.5. The van der Waals surface area contributed by atoms with Gasteiger partial charge in [0, 0.05) is 43.7 Å². The Bertz CT molecular complexity index is 975. The standard InChI is InChI=1S/C26H33FN2O4S/c1-32-14-5-12-28(26(31)19-6-2-3-7-19)17-25(30)29-13-10-24-22(11-15-34-24)23(29)18-33-21-9-4-8-20(27)16-21/h4,8-9,11,15-16,19,23H,2-3,5-7,10,12-14,17-18H2,1H3. The first-order chi connectivity index (χ1) is 16.6. The van der Waals surface area contributed by atoms with Gasteiger partial charge in [-0.15, -0.1) is 11.3 Å². The number of carbonyl (C=O) groups excluding carboxylic acids is 2. The molecule has 0 N–H and O–H groups in total. The lowest BCUT2D eigenvalue weighted by Crippen LogP contribution is -2.49. The van der Waals surface area contributed by atoms with Gasteiger partial charge in [0.2, 0.25) is 11.8 Å². The highest BCUT2D eigenvalue weighted by atomic mass is 32.1. The molecule has 2 aliphatic rings. The highest BCUT2D eigenvalue weighted by Gasteiger charge is 2.35. The molecule has 8 heteroatoms. The van der Waals surface area contributed by atoms with Crippen molar-refractivity contribution in [3.63, 3.8) is 0 Å². The predicted octanol–water partition coefficient (Wildman–Crippen LogP) is 4.45. The van der Waals surface area contributed by atoms with Crippen molar-refractivity contribution >= 4 is 23.2 Å². The van der Waals surface area contributed by atoms with Gasteiger partial charge in [-0.2, -0.15) is 0 Å². The van der Waals surface area contributed by atoms with E-state index in [1.807, 2.05) is 16.3 Å². The minimum Gasteiger partial charge on any atom is -0.491 e. The van der Waals surface area contributed by atoms with Crippen LogP contribution < -0.4 is 4.74 Å². The SMILES string of the molecule is COCCCN(CC(=O)N1CCc2sccc2C1COc1cccc(F)c1)C(=O)C1CCCC1. The Morgan fingerprint density at radius 1 is 1.24 bits per heavy atom. The molecule has 4 rings (SSSR count). The molecular formula is C26H33FN2O4S. The van der Waals surface area contributed by atoms with Crippen LogP contribution in [0.4, 0.5) is 4.39 Å². The van der Waals surface area contributed by atoms with E-state index in [0.29, 0.717) is 31.9 Å². The zero-order chi connectivity index (χ0) is 23.9. The largest absolute Gasteiger partial charge is 0.491 e. The van der Waals surface area contributed by atoms with Crippen molar-refractivity contribution in [3.8, 4) is 5.75 Å². The summed E-state index contributed by atoms with van der Waals surface area (Å²) >= 11 is 1.68. The van der Waals surface area contributed by atoms with E-state index in [4.69, 9.17) is 9.47 Å². The first-order valence-electron chi connectivity index (χ1n) is 12.1. The smallest absolute Gasteiger partial charge is 0.242 e. The molecule has 1 aromatic carbocycles. The van der Waals surface area contributed by atoms with Crippen LogP contribution in [-0.2, 0) is 20.7 Å². The summed E-state index contributed by atoms with van der Waals surface area (Å²) in [6.07, 6.45) is 5.43. The van der Waals surface area contributed by atoms with Gasteiger partial charge < -0.3 is 19.3 Å². The molecule has 2 heterocycles. The number of halogens is 1. The van der Waals surface area contributed by atoms with Crippen LogP contribution in [0.1, 0.15) is 48.6 Å². The number of nitrogens with zero attached hydrogens (tertiary/aromatic N) is 2. The van der Waals surface area contributed by atoms with Gasteiger partial charge in [-0.05, 0) is 54.8 Å². The molecule has 0 bridgehead atoms. The summed E-state index contributed by atoms with van der Waals surface area (Å²) in [5.74, 6) is 0.110. The Labute approximate surface area is 204 Å². The van der Waals surface area contributed by atoms with Crippen LogP contribution in [0.15, 0.2) is 35.7 Å². The second-order valence-electron chi connectivity index (χ2n) is 9.01.